The van der Waals surface area contributed by atoms with Crippen molar-refractivity contribution >= 4 is 11.6 Å². The Balaban J connectivity index is 2.12. The lowest BCUT2D eigenvalue weighted by Gasteiger charge is -2.26. The molecule has 1 aliphatic rings. The minimum Gasteiger partial charge on any atom is -0.396 e. The second kappa shape index (κ2) is 5.18. The van der Waals surface area contributed by atoms with E-state index >= 15 is 0 Å². The Kier molecular flexibility index (Phi) is 3.74. The Bertz CT molecular complexity index is 547. The number of hydrogen-bond acceptors (Lipinski definition) is 3. The van der Waals surface area contributed by atoms with Gasteiger partial charge in [-0.3, -0.25) is 9.48 Å². The number of aromatic nitrogens is 2. The molecule has 0 spiro atoms. The van der Waals surface area contributed by atoms with Gasteiger partial charge in [0.25, 0.3) is 5.91 Å². The van der Waals surface area contributed by atoms with Crippen molar-refractivity contribution < 1.29 is 18.0 Å². The van der Waals surface area contributed by atoms with Crippen molar-refractivity contribution in [3.8, 4) is 0 Å². The fourth-order valence-corrected chi connectivity index (χ4v) is 2.03. The minimum atomic E-state index is -4.32. The molecule has 2 rings (SSSR count). The normalized spacial score (nSPS) is 16.2. The van der Waals surface area contributed by atoms with Crippen molar-refractivity contribution in [3.05, 3.63) is 23.5 Å². The van der Waals surface area contributed by atoms with E-state index in [4.69, 9.17) is 5.73 Å². The van der Waals surface area contributed by atoms with Gasteiger partial charge >= 0.3 is 6.18 Å². The summed E-state index contributed by atoms with van der Waals surface area (Å²) in [4.78, 5) is 13.5. The van der Waals surface area contributed by atoms with Crippen molar-refractivity contribution in [3.63, 3.8) is 0 Å². The van der Waals surface area contributed by atoms with Crippen LogP contribution in [0.5, 0.6) is 0 Å². The number of nitrogens with two attached hydrogens (primary N) is 1. The molecule has 0 saturated carbocycles. The molecule has 0 fully saturated rings. The van der Waals surface area contributed by atoms with E-state index < -0.39 is 17.7 Å². The smallest absolute Gasteiger partial charge is 0.396 e. The lowest BCUT2D eigenvalue weighted by atomic mass is 10.1. The second-order valence-electron chi connectivity index (χ2n) is 4.52. The van der Waals surface area contributed by atoms with Gasteiger partial charge in [-0.25, -0.2) is 0 Å². The Labute approximate surface area is 113 Å². The number of alkyl halides is 3. The largest absolute Gasteiger partial charge is 0.412 e. The van der Waals surface area contributed by atoms with Gasteiger partial charge in [0.2, 0.25) is 0 Å². The molecule has 5 nitrogen and oxygen atoms in total. The first kappa shape index (κ1) is 14.4. The Hall–Kier alpha value is -1.99. The molecule has 0 saturated heterocycles. The van der Waals surface area contributed by atoms with Crippen LogP contribution in [-0.4, -0.2) is 39.9 Å². The minimum absolute atomic E-state index is 0.0165. The molecule has 1 aliphatic heterocycles. The summed E-state index contributed by atoms with van der Waals surface area (Å²) in [6.45, 7) is 2.35. The van der Waals surface area contributed by atoms with E-state index in [0.29, 0.717) is 6.54 Å². The molecule has 0 atom stereocenters. The summed E-state index contributed by atoms with van der Waals surface area (Å²) >= 11 is 0. The number of nitrogens with zero attached hydrogens (tertiary/aromatic N) is 3. The topological polar surface area (TPSA) is 64.2 Å². The average Bonchev–Trinajstić information content (AvgIpc) is 2.78. The molecule has 0 bridgehead atoms. The Morgan fingerprint density at radius 1 is 1.50 bits per heavy atom. The maximum Gasteiger partial charge on any atom is 0.412 e. The summed E-state index contributed by atoms with van der Waals surface area (Å²) in [7, 11) is 0. The van der Waals surface area contributed by atoms with Gasteiger partial charge in [-0.15, -0.1) is 0 Å². The zero-order valence-electron chi connectivity index (χ0n) is 10.9. The molecular formula is C12H15F3N4O. The van der Waals surface area contributed by atoms with Gasteiger partial charge in [0.1, 0.15) is 0 Å². The first-order valence-electron chi connectivity index (χ1n) is 6.21. The van der Waals surface area contributed by atoms with Crippen LogP contribution in [0.4, 0.5) is 18.9 Å². The molecule has 20 heavy (non-hydrogen) atoms. The molecule has 0 radical (unpaired) electrons. The van der Waals surface area contributed by atoms with Gasteiger partial charge in [0, 0.05) is 31.4 Å². The molecule has 1 aromatic rings. The summed E-state index contributed by atoms with van der Waals surface area (Å²) in [6.07, 6.45) is -1.95. The Morgan fingerprint density at radius 2 is 2.20 bits per heavy atom. The quantitative estimate of drug-likeness (QED) is 0.844. The fraction of sp³-hybridized carbons (Fsp3) is 0.500. The summed E-state index contributed by atoms with van der Waals surface area (Å²) in [5, 5.41) is 4.03. The predicted octanol–water partition coefficient (Wildman–Crippen LogP) is 1.82. The van der Waals surface area contributed by atoms with Gasteiger partial charge in [-0.1, -0.05) is 6.08 Å². The molecule has 2 N–H and O–H groups in total. The van der Waals surface area contributed by atoms with Crippen LogP contribution in [-0.2, 0) is 6.54 Å². The lowest BCUT2D eigenvalue weighted by molar-refractivity contribution is -0.0957. The van der Waals surface area contributed by atoms with Gasteiger partial charge in [0.05, 0.1) is 5.69 Å². The molecule has 0 aliphatic carbocycles. The van der Waals surface area contributed by atoms with Crippen molar-refractivity contribution in [2.24, 2.45) is 0 Å². The number of rotatable bonds is 2. The highest BCUT2D eigenvalue weighted by atomic mass is 19.4. The van der Waals surface area contributed by atoms with E-state index in [1.807, 2.05) is 6.92 Å². The van der Waals surface area contributed by atoms with Crippen molar-refractivity contribution in [2.45, 2.75) is 26.1 Å². The lowest BCUT2D eigenvalue weighted by Crippen LogP contribution is -2.37. The van der Waals surface area contributed by atoms with Gasteiger partial charge < -0.3 is 10.6 Å². The summed E-state index contributed by atoms with van der Waals surface area (Å²) in [5.41, 5.74) is 5.44. The van der Waals surface area contributed by atoms with E-state index in [2.05, 4.69) is 5.10 Å². The molecule has 8 heteroatoms. The number of carbonyl (C=O) groups excluding carboxylic acids is 1. The van der Waals surface area contributed by atoms with Crippen LogP contribution in [0, 0.1) is 0 Å². The number of anilines is 1. The van der Waals surface area contributed by atoms with Crippen LogP contribution >= 0.6 is 0 Å². The highest BCUT2D eigenvalue weighted by molar-refractivity contribution is 5.97. The van der Waals surface area contributed by atoms with Crippen molar-refractivity contribution in [1.29, 1.82) is 0 Å². The average molecular weight is 288 g/mol. The Morgan fingerprint density at radius 3 is 2.65 bits per heavy atom. The first-order chi connectivity index (χ1) is 9.32. The summed E-state index contributed by atoms with van der Waals surface area (Å²) in [6, 6.07) is 0. The molecular weight excluding hydrogens is 273 g/mol. The fourth-order valence-electron chi connectivity index (χ4n) is 2.03. The van der Waals surface area contributed by atoms with E-state index in [1.54, 1.807) is 0 Å². The predicted molar refractivity (Wildman–Crippen MR) is 67.0 cm³/mol. The monoisotopic (exact) mass is 288 g/mol. The van der Waals surface area contributed by atoms with E-state index in [-0.39, 0.29) is 30.9 Å². The van der Waals surface area contributed by atoms with Crippen LogP contribution in [0.2, 0.25) is 0 Å². The van der Waals surface area contributed by atoms with E-state index in [0.717, 1.165) is 6.08 Å². The standard InChI is InChI=1S/C12H15F3N4O/c1-2-19-7-9(16)10(17-19)11(20)18-5-3-8(4-6-18)12(13,14)15/h3,7H,2,4-6,16H2,1H3. The number of carbonyl (C=O) groups is 1. The van der Waals surface area contributed by atoms with E-state index in [1.165, 1.54) is 15.8 Å². The zero-order chi connectivity index (χ0) is 14.9. The SMILES string of the molecule is CCn1cc(N)c(C(=O)N2CC=C(C(F)(F)F)CC2)n1. The highest BCUT2D eigenvalue weighted by Crippen LogP contribution is 2.30. The number of nitrogen functional groups attached to an aromatic ring is 1. The molecule has 1 aromatic heterocycles. The van der Waals surface area contributed by atoms with Crippen LogP contribution in [0.1, 0.15) is 23.8 Å². The first-order valence-corrected chi connectivity index (χ1v) is 6.21. The molecule has 0 aromatic carbocycles. The van der Waals surface area contributed by atoms with Crippen LogP contribution in [0.3, 0.4) is 0 Å². The maximum atomic E-state index is 12.5. The zero-order valence-corrected chi connectivity index (χ0v) is 10.9. The van der Waals surface area contributed by atoms with Gasteiger partial charge in [-0.05, 0) is 13.3 Å². The van der Waals surface area contributed by atoms with Crippen LogP contribution in [0.25, 0.3) is 0 Å². The van der Waals surface area contributed by atoms with Crippen LogP contribution in [0.15, 0.2) is 17.8 Å². The summed E-state index contributed by atoms with van der Waals surface area (Å²) in [5.74, 6) is -0.438. The number of aryl methyl sites for hydroxylation is 1. The number of hydrogen-bond donors (Lipinski definition) is 1. The number of amides is 1. The van der Waals surface area contributed by atoms with Crippen molar-refractivity contribution in [1.82, 2.24) is 14.7 Å². The third kappa shape index (κ3) is 2.78. The highest BCUT2D eigenvalue weighted by Gasteiger charge is 2.36. The molecule has 2 heterocycles. The van der Waals surface area contributed by atoms with Crippen molar-refractivity contribution in [2.75, 3.05) is 18.8 Å². The third-order valence-corrected chi connectivity index (χ3v) is 3.18. The molecule has 1 amide bonds. The molecule has 110 valence electrons. The van der Waals surface area contributed by atoms with Gasteiger partial charge in [0.15, 0.2) is 5.69 Å². The second-order valence-corrected chi connectivity index (χ2v) is 4.52. The third-order valence-electron chi connectivity index (χ3n) is 3.18. The van der Waals surface area contributed by atoms with E-state index in [9.17, 15) is 18.0 Å². The maximum absolute atomic E-state index is 12.5. The number of halogens is 3. The molecule has 0 unspecified atom stereocenters. The summed E-state index contributed by atoms with van der Waals surface area (Å²) < 4.78 is 39.0. The van der Waals surface area contributed by atoms with Gasteiger partial charge in [-0.2, -0.15) is 18.3 Å². The van der Waals surface area contributed by atoms with Crippen LogP contribution < -0.4 is 5.73 Å².